The number of thioether (sulfide) groups is 1. The maximum atomic E-state index is 12.6. The van der Waals surface area contributed by atoms with Crippen molar-refractivity contribution in [1.29, 1.82) is 0 Å². The predicted molar refractivity (Wildman–Crippen MR) is 96.2 cm³/mol. The fraction of sp³-hybridized carbons (Fsp3) is 0.444. The molecule has 2 N–H and O–H groups in total. The van der Waals surface area contributed by atoms with Gasteiger partial charge in [0.1, 0.15) is 17.5 Å². The maximum absolute atomic E-state index is 12.6. The topological polar surface area (TPSA) is 119 Å². The zero-order chi connectivity index (χ0) is 19.8. The van der Waals surface area contributed by atoms with E-state index in [1.807, 2.05) is 44.2 Å². The molecule has 3 atom stereocenters. The van der Waals surface area contributed by atoms with Gasteiger partial charge in [-0.2, -0.15) is 0 Å². The van der Waals surface area contributed by atoms with E-state index in [9.17, 15) is 24.3 Å². The predicted octanol–water partition coefficient (Wildman–Crippen LogP) is -4.35. The molecule has 10 heteroatoms. The van der Waals surface area contributed by atoms with Gasteiger partial charge in [0.05, 0.1) is 18.9 Å². The van der Waals surface area contributed by atoms with Gasteiger partial charge >= 0.3 is 29.6 Å². The van der Waals surface area contributed by atoms with Crippen LogP contribution in [-0.4, -0.2) is 57.3 Å². The van der Waals surface area contributed by atoms with Gasteiger partial charge in [-0.3, -0.25) is 14.4 Å². The number of hydrogen-bond donors (Lipinski definition) is 2. The van der Waals surface area contributed by atoms with Crippen LogP contribution in [0.1, 0.15) is 19.4 Å². The molecule has 2 saturated heterocycles. The van der Waals surface area contributed by atoms with E-state index in [2.05, 4.69) is 10.6 Å². The Bertz CT molecular complexity index is 789. The van der Waals surface area contributed by atoms with Crippen molar-refractivity contribution in [2.45, 2.75) is 42.5 Å². The van der Waals surface area contributed by atoms with Gasteiger partial charge in [-0.05, 0) is 19.4 Å². The van der Waals surface area contributed by atoms with Crippen molar-refractivity contribution in [3.05, 3.63) is 35.9 Å². The molecule has 2 heterocycles. The molecule has 2 aliphatic heterocycles. The summed E-state index contributed by atoms with van der Waals surface area (Å²) in [6, 6.07) is 7.70. The summed E-state index contributed by atoms with van der Waals surface area (Å²) in [6.07, 6.45) is 0.168. The number of hydrogen-bond acceptors (Lipinski definition) is 6. The van der Waals surface area contributed by atoms with E-state index in [1.54, 1.807) is 0 Å². The van der Waals surface area contributed by atoms with Gasteiger partial charge < -0.3 is 25.4 Å². The molecule has 1 aromatic rings. The Morgan fingerprint density at radius 2 is 1.86 bits per heavy atom. The summed E-state index contributed by atoms with van der Waals surface area (Å²) in [6.45, 7) is 3.02. The zero-order valence-corrected chi connectivity index (χ0v) is 18.7. The van der Waals surface area contributed by atoms with Crippen LogP contribution in [0.4, 0.5) is 0 Å². The fourth-order valence-electron chi connectivity index (χ4n) is 3.43. The first kappa shape index (κ1) is 22.7. The second-order valence-corrected chi connectivity index (χ2v) is 8.83. The molecular formula is C18H20N3NaO5S. The number of amides is 3. The van der Waals surface area contributed by atoms with Crippen LogP contribution >= 0.6 is 11.8 Å². The molecule has 0 aromatic heterocycles. The number of nitrogens with zero attached hydrogens (tertiary/aromatic N) is 1. The van der Waals surface area contributed by atoms with Crippen molar-refractivity contribution in [1.82, 2.24) is 15.5 Å². The van der Waals surface area contributed by atoms with Crippen LogP contribution < -0.4 is 45.3 Å². The zero-order valence-electron chi connectivity index (χ0n) is 15.9. The molecule has 0 spiro atoms. The number of β-lactam (4-membered cyclic amide) rings is 1. The number of aliphatic carboxylic acids is 1. The summed E-state index contributed by atoms with van der Waals surface area (Å²) >= 11 is 1.41. The van der Waals surface area contributed by atoms with Crippen molar-refractivity contribution in [2.75, 3.05) is 6.54 Å². The fourth-order valence-corrected chi connectivity index (χ4v) is 5.06. The Morgan fingerprint density at radius 3 is 2.46 bits per heavy atom. The number of carbonyl (C=O) groups excluding carboxylic acids is 4. The summed E-state index contributed by atoms with van der Waals surface area (Å²) in [5.41, 5.74) is 0.845. The summed E-state index contributed by atoms with van der Waals surface area (Å²) < 4.78 is -0.616. The Hall–Kier alpha value is -1.55. The molecular weight excluding hydrogens is 393 g/mol. The number of rotatable bonds is 6. The Kier molecular flexibility index (Phi) is 7.19. The van der Waals surface area contributed by atoms with E-state index >= 15 is 0 Å². The van der Waals surface area contributed by atoms with E-state index in [0.29, 0.717) is 0 Å². The third kappa shape index (κ3) is 4.53. The SMILES string of the molecule is CC1(C)S[C@@H]2[C@H](NC(=O)Cc3ccccc3)C(=O)N2[C@H]1C(=O)NCC(=O)[O-].[Na+]. The van der Waals surface area contributed by atoms with Crippen molar-refractivity contribution in [3.8, 4) is 0 Å². The Balaban J connectivity index is 0.00000280. The molecule has 1 aromatic carbocycles. The Morgan fingerprint density at radius 1 is 1.21 bits per heavy atom. The average Bonchev–Trinajstić information content (AvgIpc) is 2.86. The van der Waals surface area contributed by atoms with Crippen LogP contribution in [0.5, 0.6) is 0 Å². The summed E-state index contributed by atoms with van der Waals surface area (Å²) in [7, 11) is 0. The van der Waals surface area contributed by atoms with Crippen LogP contribution in [0.25, 0.3) is 0 Å². The minimum absolute atomic E-state index is 0. The number of carboxylic acids is 1. The van der Waals surface area contributed by atoms with E-state index in [0.717, 1.165) is 5.56 Å². The van der Waals surface area contributed by atoms with Gasteiger partial charge in [-0.25, -0.2) is 0 Å². The van der Waals surface area contributed by atoms with Gasteiger partial charge in [-0.1, -0.05) is 30.3 Å². The van der Waals surface area contributed by atoms with Gasteiger partial charge in [0, 0.05) is 4.75 Å². The number of fused-ring (bicyclic) bond motifs is 1. The Labute approximate surface area is 189 Å². The van der Waals surface area contributed by atoms with Crippen LogP contribution in [-0.2, 0) is 25.6 Å². The van der Waals surface area contributed by atoms with E-state index < -0.39 is 35.3 Å². The molecule has 144 valence electrons. The molecule has 3 rings (SSSR count). The minimum Gasteiger partial charge on any atom is -0.548 e. The number of carbonyl (C=O) groups is 4. The van der Waals surface area contributed by atoms with E-state index in [-0.39, 0.29) is 53.2 Å². The standard InChI is InChI=1S/C18H21N3O5S.Na/c1-18(2)14(15(25)19-9-12(23)24)21-16(26)13(17(21)27-18)20-11(22)8-10-6-4-3-5-7-10;/h3-7,13-14,17H,8-9H2,1-2H3,(H,19,25)(H,20,22)(H,23,24);/q;+1/p-1/t13-,14+,17-;/m1./s1. The van der Waals surface area contributed by atoms with Crippen LogP contribution in [0.3, 0.4) is 0 Å². The van der Waals surface area contributed by atoms with Crippen molar-refractivity contribution >= 4 is 35.5 Å². The summed E-state index contributed by atoms with van der Waals surface area (Å²) in [4.78, 5) is 49.2. The molecule has 3 amide bonds. The molecule has 2 fully saturated rings. The first-order chi connectivity index (χ1) is 12.7. The van der Waals surface area contributed by atoms with E-state index in [1.165, 1.54) is 16.7 Å². The molecule has 2 aliphatic rings. The maximum Gasteiger partial charge on any atom is 1.00 e. The normalized spacial score (nSPS) is 24.4. The minimum atomic E-state index is -1.40. The average molecular weight is 413 g/mol. The monoisotopic (exact) mass is 413 g/mol. The van der Waals surface area contributed by atoms with Crippen LogP contribution in [0, 0.1) is 0 Å². The summed E-state index contributed by atoms with van der Waals surface area (Å²) in [5, 5.41) is 15.2. The first-order valence-corrected chi connectivity index (χ1v) is 9.39. The van der Waals surface area contributed by atoms with Crippen molar-refractivity contribution in [2.24, 2.45) is 0 Å². The number of benzene rings is 1. The summed E-state index contributed by atoms with van der Waals surface area (Å²) in [5.74, 6) is -2.54. The van der Waals surface area contributed by atoms with E-state index in [4.69, 9.17) is 0 Å². The second kappa shape index (κ2) is 8.86. The van der Waals surface area contributed by atoms with Gasteiger partial charge in [0.25, 0.3) is 0 Å². The molecule has 0 saturated carbocycles. The van der Waals surface area contributed by atoms with Gasteiger partial charge in [-0.15, -0.1) is 11.8 Å². The second-order valence-electron chi connectivity index (χ2n) is 7.06. The first-order valence-electron chi connectivity index (χ1n) is 8.51. The van der Waals surface area contributed by atoms with Crippen molar-refractivity contribution in [3.63, 3.8) is 0 Å². The van der Waals surface area contributed by atoms with Crippen molar-refractivity contribution < 1.29 is 53.8 Å². The number of nitrogens with one attached hydrogen (secondary N) is 2. The third-order valence-corrected chi connectivity index (χ3v) is 6.19. The van der Waals surface area contributed by atoms with Crippen LogP contribution in [0.2, 0.25) is 0 Å². The largest absolute Gasteiger partial charge is 1.00 e. The van der Waals surface area contributed by atoms with Crippen LogP contribution in [0.15, 0.2) is 30.3 Å². The molecule has 8 nitrogen and oxygen atoms in total. The quantitative estimate of drug-likeness (QED) is 0.360. The molecule has 28 heavy (non-hydrogen) atoms. The third-order valence-electron chi connectivity index (χ3n) is 4.62. The van der Waals surface area contributed by atoms with Gasteiger partial charge in [0.2, 0.25) is 17.7 Å². The molecule has 0 aliphatic carbocycles. The van der Waals surface area contributed by atoms with Gasteiger partial charge in [0.15, 0.2) is 0 Å². The smallest absolute Gasteiger partial charge is 0.548 e. The number of carboxylic acid groups (broad SMARTS) is 1. The molecule has 0 radical (unpaired) electrons. The molecule has 0 unspecified atom stereocenters. The molecule has 0 bridgehead atoms.